The number of furan rings is 1. The Balaban J connectivity index is 1.69. The first kappa shape index (κ1) is 21.3. The maximum absolute atomic E-state index is 12.5. The molecule has 0 spiro atoms. The van der Waals surface area contributed by atoms with Gasteiger partial charge in [-0.25, -0.2) is 4.68 Å². The van der Waals surface area contributed by atoms with Crippen molar-refractivity contribution in [3.8, 4) is 17.4 Å². The van der Waals surface area contributed by atoms with Gasteiger partial charge in [0, 0.05) is 10.6 Å². The van der Waals surface area contributed by atoms with Crippen LogP contribution in [0.1, 0.15) is 36.4 Å². The SMILES string of the molecule is CCc1nn(CC(=O)NCc2ccc(-c3ccc(Cl)cc3)o2)c(=O)c(C#N)c1CC. The summed E-state index contributed by atoms with van der Waals surface area (Å²) in [6, 6.07) is 12.8. The molecule has 3 rings (SSSR count). The van der Waals surface area contributed by atoms with E-state index in [1.54, 1.807) is 18.2 Å². The van der Waals surface area contributed by atoms with Gasteiger partial charge in [-0.3, -0.25) is 9.59 Å². The molecule has 7 nitrogen and oxygen atoms in total. The fourth-order valence-electron chi connectivity index (χ4n) is 3.16. The van der Waals surface area contributed by atoms with Gasteiger partial charge >= 0.3 is 0 Å². The predicted molar refractivity (Wildman–Crippen MR) is 113 cm³/mol. The van der Waals surface area contributed by atoms with Crippen LogP contribution >= 0.6 is 11.6 Å². The fraction of sp³-hybridized carbons (Fsp3) is 0.273. The van der Waals surface area contributed by atoms with Gasteiger partial charge in [-0.05, 0) is 54.8 Å². The molecule has 8 heteroatoms. The van der Waals surface area contributed by atoms with Crippen molar-refractivity contribution in [3.05, 3.63) is 74.4 Å². The lowest BCUT2D eigenvalue weighted by Gasteiger charge is -2.11. The molecule has 1 amide bonds. The Hall–Kier alpha value is -3.37. The lowest BCUT2D eigenvalue weighted by atomic mass is 10.0. The first-order chi connectivity index (χ1) is 14.5. The zero-order valence-corrected chi connectivity index (χ0v) is 17.5. The van der Waals surface area contributed by atoms with Crippen molar-refractivity contribution in [3.63, 3.8) is 0 Å². The number of hydrogen-bond donors (Lipinski definition) is 1. The normalized spacial score (nSPS) is 10.6. The number of nitrogens with one attached hydrogen (secondary N) is 1. The minimum atomic E-state index is -0.551. The standard InChI is InChI=1S/C22H21ClN4O3/c1-3-17-18(11-24)22(29)27(26-19(17)4-2)13-21(28)25-12-16-9-10-20(30-16)14-5-7-15(23)8-6-14/h5-10H,3-4,12-13H2,1-2H3,(H,25,28). The number of benzene rings is 1. The second kappa shape index (κ2) is 9.42. The summed E-state index contributed by atoms with van der Waals surface area (Å²) in [6.45, 7) is 3.66. The van der Waals surface area contributed by atoms with Crippen molar-refractivity contribution in [2.24, 2.45) is 0 Å². The van der Waals surface area contributed by atoms with E-state index in [0.717, 1.165) is 10.2 Å². The Morgan fingerprint density at radius 3 is 2.57 bits per heavy atom. The van der Waals surface area contributed by atoms with Crippen molar-refractivity contribution >= 4 is 17.5 Å². The summed E-state index contributed by atoms with van der Waals surface area (Å²) >= 11 is 5.90. The van der Waals surface area contributed by atoms with Gasteiger partial charge in [-0.15, -0.1) is 0 Å². The fourth-order valence-corrected chi connectivity index (χ4v) is 3.29. The van der Waals surface area contributed by atoms with Gasteiger partial charge in [0.05, 0.1) is 12.2 Å². The number of hydrogen-bond acceptors (Lipinski definition) is 5. The van der Waals surface area contributed by atoms with E-state index >= 15 is 0 Å². The van der Waals surface area contributed by atoms with Crippen LogP contribution in [0, 0.1) is 11.3 Å². The summed E-state index contributed by atoms with van der Waals surface area (Å²) in [5, 5.41) is 17.0. The van der Waals surface area contributed by atoms with E-state index in [2.05, 4.69) is 10.4 Å². The zero-order valence-electron chi connectivity index (χ0n) is 16.7. The molecule has 0 fully saturated rings. The van der Waals surface area contributed by atoms with E-state index in [0.29, 0.717) is 40.6 Å². The summed E-state index contributed by atoms with van der Waals surface area (Å²) in [5.41, 5.74) is 1.67. The minimum absolute atomic E-state index is 0.0517. The molecule has 2 aromatic heterocycles. The van der Waals surface area contributed by atoms with Crippen molar-refractivity contribution in [1.29, 1.82) is 5.26 Å². The van der Waals surface area contributed by atoms with E-state index < -0.39 is 11.5 Å². The smallest absolute Gasteiger partial charge is 0.285 e. The Labute approximate surface area is 178 Å². The Kier molecular flexibility index (Phi) is 6.70. The largest absolute Gasteiger partial charge is 0.459 e. The van der Waals surface area contributed by atoms with Crippen LogP contribution < -0.4 is 10.9 Å². The topological polar surface area (TPSA) is 101 Å². The number of carbonyl (C=O) groups is 1. The van der Waals surface area contributed by atoms with Crippen LogP contribution in [-0.2, 0) is 30.7 Å². The van der Waals surface area contributed by atoms with Crippen LogP contribution in [0.2, 0.25) is 5.02 Å². The van der Waals surface area contributed by atoms with Crippen LogP contribution in [-0.4, -0.2) is 15.7 Å². The Morgan fingerprint density at radius 2 is 1.93 bits per heavy atom. The number of rotatable bonds is 7. The van der Waals surface area contributed by atoms with Crippen molar-refractivity contribution in [2.45, 2.75) is 39.8 Å². The van der Waals surface area contributed by atoms with Gasteiger partial charge in [0.1, 0.15) is 29.7 Å². The summed E-state index contributed by atoms with van der Waals surface area (Å²) in [6.07, 6.45) is 1.11. The van der Waals surface area contributed by atoms with Crippen LogP contribution in [0.15, 0.2) is 45.6 Å². The molecule has 154 valence electrons. The summed E-state index contributed by atoms with van der Waals surface area (Å²) in [5.74, 6) is 0.835. The lowest BCUT2D eigenvalue weighted by Crippen LogP contribution is -2.35. The summed E-state index contributed by atoms with van der Waals surface area (Å²) in [7, 11) is 0. The summed E-state index contributed by atoms with van der Waals surface area (Å²) < 4.78 is 6.80. The van der Waals surface area contributed by atoms with Crippen molar-refractivity contribution in [1.82, 2.24) is 15.1 Å². The molecule has 0 radical (unpaired) electrons. The van der Waals surface area contributed by atoms with E-state index in [4.69, 9.17) is 16.0 Å². The van der Waals surface area contributed by atoms with E-state index in [1.807, 2.05) is 38.1 Å². The molecule has 0 saturated heterocycles. The number of carbonyl (C=O) groups excluding carboxylic acids is 1. The third kappa shape index (κ3) is 4.61. The van der Waals surface area contributed by atoms with Gasteiger partial charge in [0.15, 0.2) is 0 Å². The quantitative estimate of drug-likeness (QED) is 0.625. The maximum atomic E-state index is 12.5. The minimum Gasteiger partial charge on any atom is -0.459 e. The molecule has 30 heavy (non-hydrogen) atoms. The van der Waals surface area contributed by atoms with Gasteiger partial charge in [-0.1, -0.05) is 25.4 Å². The highest BCUT2D eigenvalue weighted by atomic mass is 35.5. The second-order valence-electron chi connectivity index (χ2n) is 6.63. The molecule has 0 bridgehead atoms. The van der Waals surface area contributed by atoms with Crippen LogP contribution in [0.5, 0.6) is 0 Å². The molecule has 1 aromatic carbocycles. The highest BCUT2D eigenvalue weighted by molar-refractivity contribution is 6.30. The van der Waals surface area contributed by atoms with E-state index in [9.17, 15) is 14.9 Å². The van der Waals surface area contributed by atoms with Gasteiger partial charge in [0.2, 0.25) is 5.91 Å². The lowest BCUT2D eigenvalue weighted by molar-refractivity contribution is -0.122. The van der Waals surface area contributed by atoms with Gasteiger partial charge in [0.25, 0.3) is 5.56 Å². The zero-order chi connectivity index (χ0) is 21.7. The highest BCUT2D eigenvalue weighted by Crippen LogP contribution is 2.23. The number of nitrogens with zero attached hydrogens (tertiary/aromatic N) is 3. The first-order valence-electron chi connectivity index (χ1n) is 9.61. The van der Waals surface area contributed by atoms with Gasteiger partial charge in [-0.2, -0.15) is 10.4 Å². The molecule has 0 aliphatic rings. The predicted octanol–water partition coefficient (Wildman–Crippen LogP) is 3.47. The molecule has 0 saturated carbocycles. The first-order valence-corrected chi connectivity index (χ1v) is 9.98. The molecule has 0 aliphatic heterocycles. The number of halogens is 1. The third-order valence-corrected chi connectivity index (χ3v) is 4.94. The van der Waals surface area contributed by atoms with E-state index in [1.165, 1.54) is 0 Å². The monoisotopic (exact) mass is 424 g/mol. The number of nitriles is 1. The average Bonchev–Trinajstić information content (AvgIpc) is 3.22. The number of aromatic nitrogens is 2. The van der Waals surface area contributed by atoms with Gasteiger partial charge < -0.3 is 9.73 Å². The molecule has 0 unspecified atom stereocenters. The summed E-state index contributed by atoms with van der Waals surface area (Å²) in [4.78, 5) is 24.9. The molecule has 2 heterocycles. The third-order valence-electron chi connectivity index (χ3n) is 4.68. The molecule has 3 aromatic rings. The Morgan fingerprint density at radius 1 is 1.20 bits per heavy atom. The van der Waals surface area contributed by atoms with Crippen molar-refractivity contribution < 1.29 is 9.21 Å². The highest BCUT2D eigenvalue weighted by Gasteiger charge is 2.17. The Bertz CT molecular complexity index is 1160. The van der Waals surface area contributed by atoms with E-state index in [-0.39, 0.29) is 18.7 Å². The number of aryl methyl sites for hydroxylation is 1. The van der Waals surface area contributed by atoms with Crippen LogP contribution in [0.3, 0.4) is 0 Å². The van der Waals surface area contributed by atoms with Crippen LogP contribution in [0.4, 0.5) is 0 Å². The average molecular weight is 425 g/mol. The molecule has 0 aliphatic carbocycles. The molecular formula is C22H21ClN4O3. The second-order valence-corrected chi connectivity index (χ2v) is 7.07. The van der Waals surface area contributed by atoms with Crippen LogP contribution in [0.25, 0.3) is 11.3 Å². The number of amides is 1. The van der Waals surface area contributed by atoms with Crippen molar-refractivity contribution in [2.75, 3.05) is 0 Å². The maximum Gasteiger partial charge on any atom is 0.285 e. The molecular weight excluding hydrogens is 404 g/mol. The molecule has 1 N–H and O–H groups in total. The molecule has 0 atom stereocenters.